The Morgan fingerprint density at radius 1 is 1.00 bits per heavy atom. The summed E-state index contributed by atoms with van der Waals surface area (Å²) in [6.45, 7) is 2.93. The predicted octanol–water partition coefficient (Wildman–Crippen LogP) is -2.28. The summed E-state index contributed by atoms with van der Waals surface area (Å²) in [4.78, 5) is 23.6. The maximum Gasteiger partial charge on any atom is 0.252 e. The fourth-order valence-corrected chi connectivity index (χ4v) is 1.70. The monoisotopic (exact) mass is 276 g/mol. The molecule has 0 aromatic rings. The highest BCUT2D eigenvalue weighted by Gasteiger charge is 2.48. The second-order valence-electron chi connectivity index (χ2n) is 4.51. The average molecular weight is 276 g/mol. The van der Waals surface area contributed by atoms with E-state index in [0.29, 0.717) is 0 Å². The van der Waals surface area contributed by atoms with E-state index in [1.807, 2.05) is 0 Å². The van der Waals surface area contributed by atoms with Gasteiger partial charge in [0, 0.05) is 13.1 Å². The van der Waals surface area contributed by atoms with Crippen LogP contribution in [0.3, 0.4) is 0 Å². The van der Waals surface area contributed by atoms with Crippen molar-refractivity contribution in [1.82, 2.24) is 10.6 Å². The van der Waals surface area contributed by atoms with Crippen LogP contribution in [0.5, 0.6) is 0 Å². The van der Waals surface area contributed by atoms with Crippen molar-refractivity contribution in [2.24, 2.45) is 0 Å². The van der Waals surface area contributed by atoms with Gasteiger partial charge in [-0.3, -0.25) is 9.59 Å². The van der Waals surface area contributed by atoms with E-state index in [2.05, 4.69) is 10.6 Å². The lowest BCUT2D eigenvalue weighted by atomic mass is 10.2. The molecule has 19 heavy (non-hydrogen) atoms. The number of amides is 2. The van der Waals surface area contributed by atoms with Crippen LogP contribution in [0.4, 0.5) is 0 Å². The van der Waals surface area contributed by atoms with E-state index in [1.54, 1.807) is 13.8 Å². The van der Waals surface area contributed by atoms with Crippen molar-refractivity contribution in [2.45, 2.75) is 31.8 Å². The van der Waals surface area contributed by atoms with Crippen molar-refractivity contribution in [3.63, 3.8) is 0 Å². The van der Waals surface area contributed by atoms with Crippen molar-refractivity contribution < 1.29 is 29.3 Å². The molecule has 0 aromatic carbocycles. The van der Waals surface area contributed by atoms with Crippen molar-refractivity contribution in [3.05, 3.63) is 0 Å². The van der Waals surface area contributed by atoms with Gasteiger partial charge < -0.3 is 30.3 Å². The Morgan fingerprint density at radius 2 is 1.37 bits per heavy atom. The van der Waals surface area contributed by atoms with Gasteiger partial charge in [-0.25, -0.2) is 0 Å². The fraction of sp³-hybridized carbons (Fsp3) is 0.818. The van der Waals surface area contributed by atoms with E-state index in [1.165, 1.54) is 0 Å². The summed E-state index contributed by atoms with van der Waals surface area (Å²) < 4.78 is 10.8. The summed E-state index contributed by atoms with van der Waals surface area (Å²) >= 11 is 0. The fourth-order valence-electron chi connectivity index (χ4n) is 1.70. The molecule has 0 bridgehead atoms. The van der Waals surface area contributed by atoms with E-state index >= 15 is 0 Å². The molecule has 0 spiro atoms. The molecule has 1 aliphatic rings. The van der Waals surface area contributed by atoms with Gasteiger partial charge in [-0.15, -0.1) is 0 Å². The highest BCUT2D eigenvalue weighted by atomic mass is 16.8. The molecule has 8 heteroatoms. The minimum atomic E-state index is -1.08. The van der Waals surface area contributed by atoms with Gasteiger partial charge in [-0.1, -0.05) is 0 Å². The van der Waals surface area contributed by atoms with Gasteiger partial charge in [0.15, 0.2) is 18.0 Å². The second kappa shape index (κ2) is 6.80. The van der Waals surface area contributed by atoms with Crippen molar-refractivity contribution >= 4 is 11.8 Å². The predicted molar refractivity (Wildman–Crippen MR) is 64.0 cm³/mol. The van der Waals surface area contributed by atoms with Gasteiger partial charge in [-0.05, 0) is 13.8 Å². The van der Waals surface area contributed by atoms with E-state index in [4.69, 9.17) is 19.7 Å². The molecular weight excluding hydrogens is 256 g/mol. The first-order chi connectivity index (χ1) is 8.91. The Hall–Kier alpha value is -1.22. The zero-order valence-corrected chi connectivity index (χ0v) is 11.0. The molecule has 110 valence electrons. The molecule has 0 radical (unpaired) electrons. The lowest BCUT2D eigenvalue weighted by molar-refractivity contribution is -0.159. The van der Waals surface area contributed by atoms with Crippen LogP contribution >= 0.6 is 0 Å². The Morgan fingerprint density at radius 3 is 1.68 bits per heavy atom. The molecule has 8 nitrogen and oxygen atoms in total. The maximum atomic E-state index is 11.8. The van der Waals surface area contributed by atoms with Crippen LogP contribution in [0.25, 0.3) is 0 Å². The molecule has 2 amide bonds. The third-order valence-electron chi connectivity index (χ3n) is 2.44. The third-order valence-corrected chi connectivity index (χ3v) is 2.44. The SMILES string of the molecule is CC1(C)O[C@H](C(=O)NCCO)[C@@H](C(=O)NCCO)O1. The van der Waals surface area contributed by atoms with E-state index < -0.39 is 29.8 Å². The standard InChI is InChI=1S/C11H20N2O6/c1-11(2)18-7(9(16)12-3-5-14)8(19-11)10(17)13-4-6-15/h7-8,14-15H,3-6H2,1-2H3,(H,12,16)(H,13,17)/t7-,8-/m0/s1. The number of nitrogens with one attached hydrogen (secondary N) is 2. The maximum absolute atomic E-state index is 11.8. The summed E-state index contributed by atoms with van der Waals surface area (Å²) in [5.41, 5.74) is 0. The highest BCUT2D eigenvalue weighted by Crippen LogP contribution is 2.28. The number of aliphatic hydroxyl groups is 2. The van der Waals surface area contributed by atoms with Gasteiger partial charge in [0.1, 0.15) is 0 Å². The molecule has 1 heterocycles. The van der Waals surface area contributed by atoms with Crippen molar-refractivity contribution in [3.8, 4) is 0 Å². The quantitative estimate of drug-likeness (QED) is 0.434. The Bertz CT molecular complexity index is 303. The smallest absolute Gasteiger partial charge is 0.252 e. The molecule has 1 saturated heterocycles. The summed E-state index contributed by atoms with van der Waals surface area (Å²) in [5, 5.41) is 22.2. The highest BCUT2D eigenvalue weighted by molar-refractivity contribution is 5.91. The lowest BCUT2D eigenvalue weighted by Crippen LogP contribution is -2.48. The van der Waals surface area contributed by atoms with Crippen molar-refractivity contribution in [1.29, 1.82) is 0 Å². The molecule has 0 aromatic heterocycles. The summed E-state index contributed by atoms with van der Waals surface area (Å²) in [5.74, 6) is -2.10. The number of hydrogen-bond acceptors (Lipinski definition) is 6. The minimum Gasteiger partial charge on any atom is -0.395 e. The molecule has 2 atom stereocenters. The van der Waals surface area contributed by atoms with E-state index in [9.17, 15) is 9.59 Å². The number of aliphatic hydroxyl groups excluding tert-OH is 2. The topological polar surface area (TPSA) is 117 Å². The van der Waals surface area contributed by atoms with Gasteiger partial charge in [-0.2, -0.15) is 0 Å². The third kappa shape index (κ3) is 4.43. The summed E-state index contributed by atoms with van der Waals surface area (Å²) in [7, 11) is 0. The molecule has 1 aliphatic heterocycles. The average Bonchev–Trinajstić information content (AvgIpc) is 2.69. The molecule has 0 saturated carbocycles. The van der Waals surface area contributed by atoms with E-state index in [0.717, 1.165) is 0 Å². The normalized spacial score (nSPS) is 25.1. The van der Waals surface area contributed by atoms with Crippen molar-refractivity contribution in [2.75, 3.05) is 26.3 Å². The number of rotatable bonds is 6. The number of hydrogen-bond donors (Lipinski definition) is 4. The number of ether oxygens (including phenoxy) is 2. The molecule has 0 unspecified atom stereocenters. The molecule has 4 N–H and O–H groups in total. The Balaban J connectivity index is 2.69. The molecule has 1 rings (SSSR count). The summed E-state index contributed by atoms with van der Waals surface area (Å²) in [6.07, 6.45) is -2.17. The molecule has 1 fully saturated rings. The van der Waals surface area contributed by atoms with Crippen LogP contribution in [-0.4, -0.2) is 66.3 Å². The minimum absolute atomic E-state index is 0.0735. The van der Waals surface area contributed by atoms with Crippen LogP contribution in [0.2, 0.25) is 0 Å². The molecule has 0 aliphatic carbocycles. The zero-order valence-electron chi connectivity index (χ0n) is 11.0. The first-order valence-electron chi connectivity index (χ1n) is 6.04. The summed E-state index contributed by atoms with van der Waals surface area (Å²) in [6, 6.07) is 0. The largest absolute Gasteiger partial charge is 0.395 e. The second-order valence-corrected chi connectivity index (χ2v) is 4.51. The van der Waals surface area contributed by atoms with Gasteiger partial charge >= 0.3 is 0 Å². The van der Waals surface area contributed by atoms with Gasteiger partial charge in [0.05, 0.1) is 13.2 Å². The lowest BCUT2D eigenvalue weighted by Gasteiger charge is -2.16. The zero-order chi connectivity index (χ0) is 14.5. The van der Waals surface area contributed by atoms with E-state index in [-0.39, 0.29) is 26.3 Å². The van der Waals surface area contributed by atoms with Crippen LogP contribution in [0.15, 0.2) is 0 Å². The Labute approximate surface area is 111 Å². The van der Waals surface area contributed by atoms with Crippen LogP contribution in [-0.2, 0) is 19.1 Å². The molecular formula is C11H20N2O6. The van der Waals surface area contributed by atoms with Gasteiger partial charge in [0.25, 0.3) is 11.8 Å². The van der Waals surface area contributed by atoms with Gasteiger partial charge in [0.2, 0.25) is 0 Å². The van der Waals surface area contributed by atoms with Crippen LogP contribution in [0, 0.1) is 0 Å². The first kappa shape index (κ1) is 15.8. The first-order valence-corrected chi connectivity index (χ1v) is 6.04. The van der Waals surface area contributed by atoms with Crippen LogP contribution in [0.1, 0.15) is 13.8 Å². The van der Waals surface area contributed by atoms with Crippen LogP contribution < -0.4 is 10.6 Å². The number of carbonyl (C=O) groups excluding carboxylic acids is 2. The Kier molecular flexibility index (Phi) is 5.67. The number of carbonyl (C=O) groups is 2.